The highest BCUT2D eigenvalue weighted by Gasteiger charge is 2.46. The first-order valence-electron chi connectivity index (χ1n) is 7.60. The van der Waals surface area contributed by atoms with Crippen molar-refractivity contribution in [3.8, 4) is 5.75 Å². The third kappa shape index (κ3) is 4.43. The fraction of sp³-hybridized carbons (Fsp3) is 0.562. The lowest BCUT2D eigenvalue weighted by Gasteiger charge is -2.35. The molecule has 2 aliphatic rings. The minimum Gasteiger partial charge on any atom is -0.495 e. The molecular formula is C16H25Cl2N3O2. The standard InChI is InChI=1S/C16H23N3O2.2ClH/c1-21-14-5-3-2-4-13(14)19-10-6-12(7-11-19)18-15(20)16(17)8-9-16;;/h2-5,12H,6-11,17H2,1H3,(H,18,20);2*1H. The maximum Gasteiger partial charge on any atom is 0.240 e. The van der Waals surface area contributed by atoms with Crippen molar-refractivity contribution < 1.29 is 9.53 Å². The average molecular weight is 362 g/mol. The lowest BCUT2D eigenvalue weighted by Crippen LogP contribution is -2.50. The Morgan fingerprint density at radius 1 is 1.26 bits per heavy atom. The molecule has 0 unspecified atom stereocenters. The lowest BCUT2D eigenvalue weighted by atomic mass is 10.0. The second-order valence-corrected chi connectivity index (χ2v) is 6.06. The molecule has 1 aromatic rings. The number of benzene rings is 1. The van der Waals surface area contributed by atoms with Gasteiger partial charge < -0.3 is 20.7 Å². The van der Waals surface area contributed by atoms with Crippen molar-refractivity contribution in [2.75, 3.05) is 25.1 Å². The summed E-state index contributed by atoms with van der Waals surface area (Å²) < 4.78 is 5.41. The topological polar surface area (TPSA) is 67.6 Å². The van der Waals surface area contributed by atoms with Crippen LogP contribution in [0.1, 0.15) is 25.7 Å². The first-order chi connectivity index (χ1) is 10.1. The fourth-order valence-electron chi connectivity index (χ4n) is 2.85. The van der Waals surface area contributed by atoms with Crippen LogP contribution in [0.3, 0.4) is 0 Å². The predicted molar refractivity (Wildman–Crippen MR) is 97.0 cm³/mol. The van der Waals surface area contributed by atoms with Gasteiger partial charge in [-0.2, -0.15) is 0 Å². The van der Waals surface area contributed by atoms with Gasteiger partial charge in [-0.05, 0) is 37.8 Å². The second kappa shape index (κ2) is 8.08. The van der Waals surface area contributed by atoms with Crippen LogP contribution in [0.15, 0.2) is 24.3 Å². The normalized spacial score (nSPS) is 19.1. The number of halogens is 2. The third-order valence-electron chi connectivity index (χ3n) is 4.50. The van der Waals surface area contributed by atoms with E-state index < -0.39 is 5.54 Å². The number of amides is 1. The van der Waals surface area contributed by atoms with E-state index in [1.54, 1.807) is 7.11 Å². The van der Waals surface area contributed by atoms with E-state index in [4.69, 9.17) is 10.5 Å². The number of hydrogen-bond acceptors (Lipinski definition) is 4. The first-order valence-corrected chi connectivity index (χ1v) is 7.60. The number of para-hydroxylation sites is 2. The Morgan fingerprint density at radius 2 is 1.87 bits per heavy atom. The SMILES string of the molecule is COc1ccccc1N1CCC(NC(=O)C2(N)CC2)CC1.Cl.Cl. The number of carbonyl (C=O) groups excluding carboxylic acids is 1. The summed E-state index contributed by atoms with van der Waals surface area (Å²) in [5.41, 5.74) is 6.48. The molecule has 2 fully saturated rings. The van der Waals surface area contributed by atoms with E-state index in [1.165, 1.54) is 0 Å². The number of nitrogens with zero attached hydrogens (tertiary/aromatic N) is 1. The number of nitrogens with two attached hydrogens (primary N) is 1. The van der Waals surface area contributed by atoms with Gasteiger partial charge in [0, 0.05) is 19.1 Å². The van der Waals surface area contributed by atoms with Crippen molar-refractivity contribution in [1.29, 1.82) is 0 Å². The molecule has 0 aromatic heterocycles. The molecular weight excluding hydrogens is 337 g/mol. The molecule has 1 amide bonds. The number of carbonyl (C=O) groups is 1. The predicted octanol–water partition coefficient (Wildman–Crippen LogP) is 2.12. The van der Waals surface area contributed by atoms with Crippen LogP contribution in [0.4, 0.5) is 5.69 Å². The van der Waals surface area contributed by atoms with Crippen LogP contribution in [0.25, 0.3) is 0 Å². The van der Waals surface area contributed by atoms with Gasteiger partial charge in [-0.3, -0.25) is 4.79 Å². The van der Waals surface area contributed by atoms with E-state index in [9.17, 15) is 4.79 Å². The number of nitrogens with one attached hydrogen (secondary N) is 1. The molecule has 1 saturated heterocycles. The number of piperidine rings is 1. The van der Waals surface area contributed by atoms with Crippen molar-refractivity contribution >= 4 is 36.4 Å². The van der Waals surface area contributed by atoms with Gasteiger partial charge in [-0.25, -0.2) is 0 Å². The van der Waals surface area contributed by atoms with E-state index >= 15 is 0 Å². The third-order valence-corrected chi connectivity index (χ3v) is 4.50. The number of ether oxygens (including phenoxy) is 1. The van der Waals surface area contributed by atoms with Gasteiger partial charge in [0.15, 0.2) is 0 Å². The Hall–Kier alpha value is -1.17. The summed E-state index contributed by atoms with van der Waals surface area (Å²) in [6.07, 6.45) is 3.53. The molecule has 3 N–H and O–H groups in total. The van der Waals surface area contributed by atoms with Crippen molar-refractivity contribution in [1.82, 2.24) is 5.32 Å². The highest BCUT2D eigenvalue weighted by atomic mass is 35.5. The van der Waals surface area contributed by atoms with Gasteiger partial charge >= 0.3 is 0 Å². The summed E-state index contributed by atoms with van der Waals surface area (Å²) in [5.74, 6) is 0.928. The molecule has 23 heavy (non-hydrogen) atoms. The highest BCUT2D eigenvalue weighted by molar-refractivity contribution is 5.89. The van der Waals surface area contributed by atoms with Gasteiger partial charge in [0.2, 0.25) is 5.91 Å². The molecule has 130 valence electrons. The quantitative estimate of drug-likeness (QED) is 0.861. The number of methoxy groups -OCH3 is 1. The molecule has 0 bridgehead atoms. The number of hydrogen-bond donors (Lipinski definition) is 2. The lowest BCUT2D eigenvalue weighted by molar-refractivity contribution is -0.124. The van der Waals surface area contributed by atoms with E-state index in [0.717, 1.165) is 50.2 Å². The van der Waals surface area contributed by atoms with Gasteiger partial charge in [0.05, 0.1) is 18.3 Å². The maximum atomic E-state index is 12.0. The summed E-state index contributed by atoms with van der Waals surface area (Å²) in [6.45, 7) is 1.84. The van der Waals surface area contributed by atoms with Crippen molar-refractivity contribution in [3.05, 3.63) is 24.3 Å². The molecule has 7 heteroatoms. The van der Waals surface area contributed by atoms with Crippen molar-refractivity contribution in [2.24, 2.45) is 5.73 Å². The zero-order valence-electron chi connectivity index (χ0n) is 13.3. The molecule has 1 aliphatic heterocycles. The Bertz CT molecular complexity index is 530. The van der Waals surface area contributed by atoms with E-state index in [2.05, 4.69) is 16.3 Å². The zero-order chi connectivity index (χ0) is 14.9. The van der Waals surface area contributed by atoms with Crippen LogP contribution in [-0.2, 0) is 4.79 Å². The molecule has 1 heterocycles. The Morgan fingerprint density at radius 3 is 2.43 bits per heavy atom. The molecule has 1 saturated carbocycles. The van der Waals surface area contributed by atoms with E-state index in [-0.39, 0.29) is 36.8 Å². The molecule has 1 aromatic carbocycles. The summed E-state index contributed by atoms with van der Waals surface area (Å²) in [6, 6.07) is 8.30. The smallest absolute Gasteiger partial charge is 0.240 e. The van der Waals surface area contributed by atoms with Crippen LogP contribution in [-0.4, -0.2) is 37.7 Å². The molecule has 3 rings (SSSR count). The van der Waals surface area contributed by atoms with E-state index in [1.807, 2.05) is 18.2 Å². The monoisotopic (exact) mass is 361 g/mol. The van der Waals surface area contributed by atoms with Gasteiger partial charge in [-0.15, -0.1) is 24.8 Å². The number of anilines is 1. The Labute approximate surface area is 149 Å². The molecule has 1 aliphatic carbocycles. The van der Waals surface area contributed by atoms with Crippen LogP contribution in [0, 0.1) is 0 Å². The molecule has 0 radical (unpaired) electrons. The summed E-state index contributed by atoms with van der Waals surface area (Å²) in [5, 5.41) is 3.10. The van der Waals surface area contributed by atoms with Crippen LogP contribution >= 0.6 is 24.8 Å². The maximum absolute atomic E-state index is 12.0. The Kier molecular flexibility index (Phi) is 6.99. The molecule has 0 atom stereocenters. The van der Waals surface area contributed by atoms with Gasteiger partial charge in [0.1, 0.15) is 5.75 Å². The molecule has 5 nitrogen and oxygen atoms in total. The van der Waals surface area contributed by atoms with Crippen LogP contribution < -0.4 is 20.7 Å². The van der Waals surface area contributed by atoms with Gasteiger partial charge in [0.25, 0.3) is 0 Å². The summed E-state index contributed by atoms with van der Waals surface area (Å²) >= 11 is 0. The first kappa shape index (κ1) is 19.9. The summed E-state index contributed by atoms with van der Waals surface area (Å²) in [7, 11) is 1.70. The Balaban J connectivity index is 0.00000132. The summed E-state index contributed by atoms with van der Waals surface area (Å²) in [4.78, 5) is 14.3. The zero-order valence-corrected chi connectivity index (χ0v) is 14.9. The van der Waals surface area contributed by atoms with Crippen molar-refractivity contribution in [2.45, 2.75) is 37.3 Å². The minimum absolute atomic E-state index is 0. The largest absolute Gasteiger partial charge is 0.495 e. The highest BCUT2D eigenvalue weighted by Crippen LogP contribution is 2.33. The van der Waals surface area contributed by atoms with Crippen LogP contribution in [0.5, 0.6) is 5.75 Å². The average Bonchev–Trinajstić information content (AvgIpc) is 3.27. The van der Waals surface area contributed by atoms with E-state index in [0.29, 0.717) is 0 Å². The number of rotatable bonds is 4. The second-order valence-electron chi connectivity index (χ2n) is 6.06. The van der Waals surface area contributed by atoms with Crippen molar-refractivity contribution in [3.63, 3.8) is 0 Å². The van der Waals surface area contributed by atoms with Gasteiger partial charge in [-0.1, -0.05) is 12.1 Å². The van der Waals surface area contributed by atoms with Crippen LogP contribution in [0.2, 0.25) is 0 Å². The molecule has 0 spiro atoms. The minimum atomic E-state index is -0.570. The fourth-order valence-corrected chi connectivity index (χ4v) is 2.85.